The topological polar surface area (TPSA) is 49.4 Å². The molecule has 0 unspecified atom stereocenters. The Labute approximate surface area is 138 Å². The van der Waals surface area contributed by atoms with Gasteiger partial charge in [-0.1, -0.05) is 13.0 Å². The van der Waals surface area contributed by atoms with Crippen LogP contribution in [-0.2, 0) is 10.0 Å². The van der Waals surface area contributed by atoms with Crippen LogP contribution in [0, 0.1) is 12.7 Å². The molecule has 0 saturated carbocycles. The number of nitrogens with one attached hydrogen (secondary N) is 1. The smallest absolute Gasteiger partial charge is 0.246 e. The molecule has 0 aromatic heterocycles. The van der Waals surface area contributed by atoms with Crippen molar-refractivity contribution in [3.63, 3.8) is 0 Å². The third-order valence-corrected chi connectivity index (χ3v) is 5.82. The highest BCUT2D eigenvalue weighted by Crippen LogP contribution is 2.25. The second kappa shape index (κ2) is 8.24. The van der Waals surface area contributed by atoms with E-state index < -0.39 is 15.8 Å². The average molecular weight is 351 g/mol. The highest BCUT2D eigenvalue weighted by molar-refractivity contribution is 7.89. The Morgan fingerprint density at radius 2 is 1.95 bits per heavy atom. The molecular weight excluding hydrogens is 327 g/mol. The van der Waals surface area contributed by atoms with Crippen LogP contribution < -0.4 is 5.32 Å². The van der Waals surface area contributed by atoms with Crippen molar-refractivity contribution >= 4 is 22.4 Å². The van der Waals surface area contributed by atoms with Crippen molar-refractivity contribution in [1.82, 2.24) is 9.62 Å². The van der Waals surface area contributed by atoms with Gasteiger partial charge in [-0.2, -0.15) is 4.31 Å². The Balaban J connectivity index is 0.00000242. The fraction of sp³-hybridized carbons (Fsp3) is 0.600. The molecular formula is C15H24ClFN2O2S. The molecule has 1 aromatic carbocycles. The van der Waals surface area contributed by atoms with Crippen LogP contribution >= 0.6 is 12.4 Å². The lowest BCUT2D eigenvalue weighted by Gasteiger charge is -2.33. The molecule has 0 aliphatic carbocycles. The maximum atomic E-state index is 14.1. The van der Waals surface area contributed by atoms with Gasteiger partial charge in [-0.15, -0.1) is 12.4 Å². The summed E-state index contributed by atoms with van der Waals surface area (Å²) in [6, 6.07) is 4.25. The van der Waals surface area contributed by atoms with E-state index in [1.54, 1.807) is 13.0 Å². The first kappa shape index (κ1) is 19.4. The minimum absolute atomic E-state index is 0. The highest BCUT2D eigenvalue weighted by atomic mass is 35.5. The maximum Gasteiger partial charge on any atom is 0.246 e. The second-order valence-electron chi connectivity index (χ2n) is 5.53. The molecule has 1 heterocycles. The van der Waals surface area contributed by atoms with E-state index in [1.165, 1.54) is 16.4 Å². The number of halogens is 2. The molecule has 1 aliphatic heterocycles. The summed E-state index contributed by atoms with van der Waals surface area (Å²) in [5.41, 5.74) is 0.718. The molecule has 1 saturated heterocycles. The zero-order valence-electron chi connectivity index (χ0n) is 13.0. The Kier molecular flexibility index (Phi) is 7.25. The minimum atomic E-state index is -3.78. The molecule has 0 atom stereocenters. The molecule has 0 radical (unpaired) electrons. The van der Waals surface area contributed by atoms with E-state index in [-0.39, 0.29) is 23.3 Å². The molecule has 1 N–H and O–H groups in total. The van der Waals surface area contributed by atoms with Crippen molar-refractivity contribution in [2.45, 2.75) is 44.0 Å². The Bertz CT molecular complexity index is 589. The summed E-state index contributed by atoms with van der Waals surface area (Å²) in [5.74, 6) is -0.662. The van der Waals surface area contributed by atoms with Crippen LogP contribution in [0.3, 0.4) is 0 Å². The van der Waals surface area contributed by atoms with E-state index in [0.29, 0.717) is 6.54 Å². The van der Waals surface area contributed by atoms with Crippen LogP contribution in [0.5, 0.6) is 0 Å². The summed E-state index contributed by atoms with van der Waals surface area (Å²) in [7, 11) is -3.78. The first-order valence-electron chi connectivity index (χ1n) is 7.45. The van der Waals surface area contributed by atoms with Crippen molar-refractivity contribution in [3.05, 3.63) is 29.6 Å². The lowest BCUT2D eigenvalue weighted by molar-refractivity contribution is 0.261. The summed E-state index contributed by atoms with van der Waals surface area (Å²) in [6.45, 7) is 5.72. The highest BCUT2D eigenvalue weighted by Gasteiger charge is 2.33. The number of piperidine rings is 1. The normalized spacial score (nSPS) is 16.5. The summed E-state index contributed by atoms with van der Waals surface area (Å²) in [4.78, 5) is -0.208. The van der Waals surface area contributed by atoms with Gasteiger partial charge in [0, 0.05) is 12.6 Å². The Hall–Kier alpha value is -0.690. The van der Waals surface area contributed by atoms with E-state index in [1.807, 2.05) is 6.92 Å². The molecule has 1 aromatic rings. The zero-order valence-corrected chi connectivity index (χ0v) is 14.6. The predicted molar refractivity (Wildman–Crippen MR) is 88.5 cm³/mol. The fourth-order valence-electron chi connectivity index (χ4n) is 2.76. The number of aryl methyl sites for hydroxylation is 1. The Morgan fingerprint density at radius 3 is 2.50 bits per heavy atom. The number of sulfonamides is 1. The van der Waals surface area contributed by atoms with E-state index >= 15 is 0 Å². The van der Waals surface area contributed by atoms with Gasteiger partial charge in [0.15, 0.2) is 0 Å². The molecule has 2 rings (SSSR count). The van der Waals surface area contributed by atoms with Gasteiger partial charge in [-0.3, -0.25) is 0 Å². The van der Waals surface area contributed by atoms with Crippen LogP contribution in [0.1, 0.15) is 31.7 Å². The largest absolute Gasteiger partial charge is 0.317 e. The lowest BCUT2D eigenvalue weighted by atomic mass is 10.1. The molecule has 0 bridgehead atoms. The van der Waals surface area contributed by atoms with Gasteiger partial charge in [0.1, 0.15) is 10.7 Å². The van der Waals surface area contributed by atoms with Gasteiger partial charge in [-0.25, -0.2) is 12.8 Å². The summed E-state index contributed by atoms with van der Waals surface area (Å²) < 4.78 is 41.2. The van der Waals surface area contributed by atoms with Gasteiger partial charge in [-0.05, 0) is 57.0 Å². The molecule has 1 fully saturated rings. The fourth-order valence-corrected chi connectivity index (χ4v) is 4.58. The van der Waals surface area contributed by atoms with Crippen molar-refractivity contribution in [2.24, 2.45) is 0 Å². The maximum absolute atomic E-state index is 14.1. The third kappa shape index (κ3) is 4.19. The number of hydrogen-bond donors (Lipinski definition) is 1. The predicted octanol–water partition coefficient (Wildman–Crippen LogP) is 2.71. The molecule has 0 amide bonds. The molecule has 126 valence electrons. The first-order valence-corrected chi connectivity index (χ1v) is 8.89. The molecule has 4 nitrogen and oxygen atoms in total. The number of nitrogens with zero attached hydrogens (tertiary/aromatic N) is 1. The lowest BCUT2D eigenvalue weighted by Crippen LogP contribution is -2.46. The second-order valence-corrected chi connectivity index (χ2v) is 7.39. The van der Waals surface area contributed by atoms with Crippen molar-refractivity contribution < 1.29 is 12.8 Å². The van der Waals surface area contributed by atoms with Crippen molar-refractivity contribution in [1.29, 1.82) is 0 Å². The summed E-state index contributed by atoms with van der Waals surface area (Å²) >= 11 is 0. The number of benzene rings is 1. The molecule has 22 heavy (non-hydrogen) atoms. The van der Waals surface area contributed by atoms with Crippen LogP contribution in [0.4, 0.5) is 4.39 Å². The minimum Gasteiger partial charge on any atom is -0.317 e. The van der Waals surface area contributed by atoms with Crippen LogP contribution in [0.2, 0.25) is 0 Å². The monoisotopic (exact) mass is 350 g/mol. The van der Waals surface area contributed by atoms with Gasteiger partial charge in [0.2, 0.25) is 10.0 Å². The van der Waals surface area contributed by atoms with Gasteiger partial charge in [0.25, 0.3) is 0 Å². The van der Waals surface area contributed by atoms with Gasteiger partial charge < -0.3 is 5.32 Å². The van der Waals surface area contributed by atoms with E-state index in [2.05, 4.69) is 5.32 Å². The van der Waals surface area contributed by atoms with E-state index in [0.717, 1.165) is 37.9 Å². The van der Waals surface area contributed by atoms with Crippen molar-refractivity contribution in [3.8, 4) is 0 Å². The van der Waals surface area contributed by atoms with E-state index in [9.17, 15) is 12.8 Å². The van der Waals surface area contributed by atoms with Crippen molar-refractivity contribution in [2.75, 3.05) is 19.6 Å². The summed E-state index contributed by atoms with van der Waals surface area (Å²) in [6.07, 6.45) is 2.26. The zero-order chi connectivity index (χ0) is 15.5. The number of hydrogen-bond acceptors (Lipinski definition) is 3. The quantitative estimate of drug-likeness (QED) is 0.888. The van der Waals surface area contributed by atoms with Crippen LogP contribution in [0.15, 0.2) is 23.1 Å². The molecule has 0 spiro atoms. The third-order valence-electron chi connectivity index (χ3n) is 3.83. The van der Waals surface area contributed by atoms with E-state index in [4.69, 9.17) is 0 Å². The summed E-state index contributed by atoms with van der Waals surface area (Å²) in [5, 5.41) is 3.23. The standard InChI is InChI=1S/C15H23FN2O2S.ClH/c1-3-10-18(13-6-8-17-9-7-13)21(19,20)15-5-4-12(2)11-14(15)16;/h4-5,11,13,17H,3,6-10H2,1-2H3;1H. The van der Waals surface area contributed by atoms with Gasteiger partial charge >= 0.3 is 0 Å². The number of rotatable bonds is 5. The average Bonchev–Trinajstić information content (AvgIpc) is 2.45. The molecule has 1 aliphatic rings. The first-order chi connectivity index (χ1) is 9.96. The SMILES string of the molecule is CCCN(C1CCNCC1)S(=O)(=O)c1ccc(C)cc1F.Cl. The van der Waals surface area contributed by atoms with Crippen LogP contribution in [0.25, 0.3) is 0 Å². The Morgan fingerprint density at radius 1 is 1.32 bits per heavy atom. The molecule has 7 heteroatoms. The van der Waals surface area contributed by atoms with Gasteiger partial charge in [0.05, 0.1) is 0 Å². The van der Waals surface area contributed by atoms with Crippen LogP contribution in [-0.4, -0.2) is 38.4 Å².